The minimum atomic E-state index is -0.0739. The summed E-state index contributed by atoms with van der Waals surface area (Å²) in [6, 6.07) is 5.40. The maximum Gasteiger partial charge on any atom is 0.276 e. The Kier molecular flexibility index (Phi) is 3.26. The van der Waals surface area contributed by atoms with Gasteiger partial charge in [0.15, 0.2) is 11.5 Å². The standard InChI is InChI=1S/C18H18N4O3/c23-18(13-9-16(25-21-13)15-4-2-8-24-15)22-7-1-3-11-14(22)6-5-12-17(11)20-10-19-12/h2,4,8-11,14H,1,3,5-7H2,(H,19,20). The third kappa shape index (κ3) is 2.30. The number of hydrogen-bond acceptors (Lipinski definition) is 5. The van der Waals surface area contributed by atoms with Crippen LogP contribution in [0.2, 0.25) is 0 Å². The van der Waals surface area contributed by atoms with E-state index >= 15 is 0 Å². The van der Waals surface area contributed by atoms with E-state index in [1.807, 2.05) is 4.90 Å². The average molecular weight is 338 g/mol. The Balaban J connectivity index is 1.42. The molecule has 0 spiro atoms. The molecule has 2 atom stereocenters. The first kappa shape index (κ1) is 14.5. The molecule has 2 unspecified atom stereocenters. The molecule has 5 rings (SSSR count). The van der Waals surface area contributed by atoms with E-state index in [9.17, 15) is 4.79 Å². The molecule has 3 aromatic rings. The molecule has 1 N–H and O–H groups in total. The molecule has 7 heteroatoms. The summed E-state index contributed by atoms with van der Waals surface area (Å²) in [7, 11) is 0. The van der Waals surface area contributed by atoms with Crippen molar-refractivity contribution in [3.05, 3.63) is 47.9 Å². The number of nitrogens with zero attached hydrogens (tertiary/aromatic N) is 3. The van der Waals surface area contributed by atoms with Gasteiger partial charge in [-0.05, 0) is 37.8 Å². The lowest BCUT2D eigenvalue weighted by Crippen LogP contribution is -2.49. The minimum absolute atomic E-state index is 0.0739. The minimum Gasteiger partial charge on any atom is -0.461 e. The molecular formula is C18H18N4O3. The van der Waals surface area contributed by atoms with Gasteiger partial charge < -0.3 is 18.8 Å². The van der Waals surface area contributed by atoms with Gasteiger partial charge in [0.2, 0.25) is 5.76 Å². The predicted molar refractivity (Wildman–Crippen MR) is 87.9 cm³/mol. The lowest BCUT2D eigenvalue weighted by molar-refractivity contribution is 0.0532. The SMILES string of the molecule is O=C(c1cc(-c2ccco2)on1)N1CCCC2c3nc[nH]c3CCC21. The number of aryl methyl sites for hydroxylation is 1. The summed E-state index contributed by atoms with van der Waals surface area (Å²) in [5, 5.41) is 3.97. The molecule has 1 aliphatic heterocycles. The number of furan rings is 1. The largest absolute Gasteiger partial charge is 0.461 e. The highest BCUT2D eigenvalue weighted by Gasteiger charge is 2.40. The van der Waals surface area contributed by atoms with E-state index in [2.05, 4.69) is 15.1 Å². The van der Waals surface area contributed by atoms with Crippen molar-refractivity contribution in [2.24, 2.45) is 0 Å². The zero-order chi connectivity index (χ0) is 16.8. The second-order valence-electron chi connectivity index (χ2n) is 6.67. The van der Waals surface area contributed by atoms with E-state index in [0.717, 1.165) is 37.9 Å². The first-order valence-electron chi connectivity index (χ1n) is 8.65. The van der Waals surface area contributed by atoms with E-state index in [0.29, 0.717) is 23.1 Å². The van der Waals surface area contributed by atoms with Crippen molar-refractivity contribution in [1.82, 2.24) is 20.0 Å². The normalized spacial score (nSPS) is 22.5. The third-order valence-corrected chi connectivity index (χ3v) is 5.33. The Morgan fingerprint density at radius 2 is 2.28 bits per heavy atom. The van der Waals surface area contributed by atoms with E-state index in [1.54, 1.807) is 30.8 Å². The number of rotatable bonds is 2. The van der Waals surface area contributed by atoms with Gasteiger partial charge in [-0.1, -0.05) is 5.16 Å². The first-order chi connectivity index (χ1) is 12.3. The van der Waals surface area contributed by atoms with Gasteiger partial charge >= 0.3 is 0 Å². The second kappa shape index (κ2) is 5.61. The topological polar surface area (TPSA) is 88.2 Å². The van der Waals surface area contributed by atoms with Crippen LogP contribution in [0.3, 0.4) is 0 Å². The van der Waals surface area contributed by atoms with Crippen LogP contribution in [0.15, 0.2) is 39.7 Å². The molecule has 0 aromatic carbocycles. The summed E-state index contributed by atoms with van der Waals surface area (Å²) in [4.78, 5) is 22.7. The first-order valence-corrected chi connectivity index (χ1v) is 8.65. The van der Waals surface area contributed by atoms with Crippen LogP contribution in [0.5, 0.6) is 0 Å². The Labute approximate surface area is 144 Å². The number of imidazole rings is 1. The zero-order valence-electron chi connectivity index (χ0n) is 13.6. The van der Waals surface area contributed by atoms with Gasteiger partial charge in [0.25, 0.3) is 5.91 Å². The number of nitrogens with one attached hydrogen (secondary N) is 1. The van der Waals surface area contributed by atoms with Gasteiger partial charge in [-0.2, -0.15) is 0 Å². The number of aromatic amines is 1. The fourth-order valence-corrected chi connectivity index (χ4v) is 4.19. The fraction of sp³-hybridized carbons (Fsp3) is 0.389. The molecule has 3 aromatic heterocycles. The number of hydrogen-bond donors (Lipinski definition) is 1. The lowest BCUT2D eigenvalue weighted by atomic mass is 9.78. The number of aromatic nitrogens is 3. The number of piperidine rings is 1. The Morgan fingerprint density at radius 3 is 3.16 bits per heavy atom. The van der Waals surface area contributed by atoms with Crippen LogP contribution in [-0.4, -0.2) is 38.5 Å². The molecule has 0 bridgehead atoms. The van der Waals surface area contributed by atoms with Crippen molar-refractivity contribution in [3.8, 4) is 11.5 Å². The molecule has 0 radical (unpaired) electrons. The summed E-state index contributed by atoms with van der Waals surface area (Å²) in [6.07, 6.45) is 7.26. The van der Waals surface area contributed by atoms with Crippen LogP contribution in [0.25, 0.3) is 11.5 Å². The van der Waals surface area contributed by atoms with Crippen LogP contribution in [0, 0.1) is 0 Å². The Morgan fingerprint density at radius 1 is 1.32 bits per heavy atom. The van der Waals surface area contributed by atoms with Crippen LogP contribution in [0.1, 0.15) is 47.1 Å². The van der Waals surface area contributed by atoms with Crippen LogP contribution >= 0.6 is 0 Å². The number of carbonyl (C=O) groups is 1. The lowest BCUT2D eigenvalue weighted by Gasteiger charge is -2.43. The van der Waals surface area contributed by atoms with Gasteiger partial charge in [0.05, 0.1) is 18.3 Å². The molecule has 4 heterocycles. The van der Waals surface area contributed by atoms with Crippen LogP contribution < -0.4 is 0 Å². The highest BCUT2D eigenvalue weighted by Crippen LogP contribution is 2.39. The van der Waals surface area contributed by atoms with Crippen molar-refractivity contribution in [3.63, 3.8) is 0 Å². The van der Waals surface area contributed by atoms with Crippen molar-refractivity contribution < 1.29 is 13.7 Å². The summed E-state index contributed by atoms with van der Waals surface area (Å²) < 4.78 is 10.6. The highest BCUT2D eigenvalue weighted by molar-refractivity contribution is 5.93. The molecule has 1 fully saturated rings. The van der Waals surface area contributed by atoms with Gasteiger partial charge in [-0.15, -0.1) is 0 Å². The number of amides is 1. The molecule has 1 amide bonds. The molecule has 0 saturated carbocycles. The summed E-state index contributed by atoms with van der Waals surface area (Å²) in [5.74, 6) is 1.28. The average Bonchev–Trinajstić information content (AvgIpc) is 3.41. The summed E-state index contributed by atoms with van der Waals surface area (Å²) in [5.41, 5.74) is 2.68. The van der Waals surface area contributed by atoms with Gasteiger partial charge in [0, 0.05) is 30.3 Å². The summed E-state index contributed by atoms with van der Waals surface area (Å²) in [6.45, 7) is 0.753. The van der Waals surface area contributed by atoms with Gasteiger partial charge in [-0.3, -0.25) is 4.79 Å². The zero-order valence-corrected chi connectivity index (χ0v) is 13.6. The van der Waals surface area contributed by atoms with Crippen molar-refractivity contribution in [2.75, 3.05) is 6.54 Å². The maximum atomic E-state index is 13.0. The molecule has 1 aliphatic carbocycles. The molecular weight excluding hydrogens is 320 g/mol. The van der Waals surface area contributed by atoms with E-state index in [1.165, 1.54) is 5.69 Å². The fourth-order valence-electron chi connectivity index (χ4n) is 4.19. The van der Waals surface area contributed by atoms with E-state index < -0.39 is 0 Å². The molecule has 1 saturated heterocycles. The summed E-state index contributed by atoms with van der Waals surface area (Å²) >= 11 is 0. The van der Waals surface area contributed by atoms with Crippen molar-refractivity contribution in [1.29, 1.82) is 0 Å². The van der Waals surface area contributed by atoms with Gasteiger partial charge in [-0.25, -0.2) is 4.98 Å². The number of carbonyl (C=O) groups excluding carboxylic acids is 1. The quantitative estimate of drug-likeness (QED) is 0.776. The van der Waals surface area contributed by atoms with Crippen LogP contribution in [-0.2, 0) is 6.42 Å². The number of likely N-dealkylation sites (tertiary alicyclic amines) is 1. The maximum absolute atomic E-state index is 13.0. The molecule has 7 nitrogen and oxygen atoms in total. The van der Waals surface area contributed by atoms with Gasteiger partial charge in [0.1, 0.15) is 0 Å². The monoisotopic (exact) mass is 338 g/mol. The Hall–Kier alpha value is -2.83. The number of H-pyrrole nitrogens is 1. The Bertz CT molecular complexity index is 895. The smallest absolute Gasteiger partial charge is 0.276 e. The number of fused-ring (bicyclic) bond motifs is 3. The molecule has 128 valence electrons. The van der Waals surface area contributed by atoms with E-state index in [4.69, 9.17) is 8.94 Å². The van der Waals surface area contributed by atoms with Crippen molar-refractivity contribution >= 4 is 5.91 Å². The van der Waals surface area contributed by atoms with Crippen molar-refractivity contribution in [2.45, 2.75) is 37.6 Å². The highest BCUT2D eigenvalue weighted by atomic mass is 16.5. The predicted octanol–water partition coefficient (Wildman–Crippen LogP) is 2.99. The molecule has 2 aliphatic rings. The molecule has 25 heavy (non-hydrogen) atoms. The van der Waals surface area contributed by atoms with Crippen LogP contribution in [0.4, 0.5) is 0 Å². The van der Waals surface area contributed by atoms with E-state index in [-0.39, 0.29) is 11.9 Å². The third-order valence-electron chi connectivity index (χ3n) is 5.33. The second-order valence-corrected chi connectivity index (χ2v) is 6.67.